The number of aromatic hydroxyl groups is 1. The molecule has 0 aliphatic heterocycles. The lowest BCUT2D eigenvalue weighted by Crippen LogP contribution is -2.15. The van der Waals surface area contributed by atoms with Crippen LogP contribution in [-0.2, 0) is 0 Å². The maximum absolute atomic E-state index is 9.74. The zero-order valence-electron chi connectivity index (χ0n) is 9.47. The Bertz CT molecular complexity index is 502. The Morgan fingerprint density at radius 2 is 1.71 bits per heavy atom. The Hall–Kier alpha value is -1.29. The van der Waals surface area contributed by atoms with Crippen molar-refractivity contribution in [2.45, 2.75) is 12.5 Å². The van der Waals surface area contributed by atoms with Crippen molar-refractivity contribution in [3.05, 3.63) is 42.0 Å². The second-order valence-corrected chi connectivity index (χ2v) is 3.90. The molecule has 0 aliphatic rings. The van der Waals surface area contributed by atoms with Crippen LogP contribution in [0.4, 0.5) is 0 Å². The molecule has 1 atom stereocenters. The van der Waals surface area contributed by atoms with Crippen LogP contribution in [0.5, 0.6) is 5.75 Å². The van der Waals surface area contributed by atoms with Crippen LogP contribution in [0.15, 0.2) is 36.4 Å². The molecule has 0 aliphatic carbocycles. The van der Waals surface area contributed by atoms with Crippen molar-refractivity contribution in [2.24, 2.45) is 11.5 Å². The fraction of sp³-hybridized carbons (Fsp3) is 0.231. The van der Waals surface area contributed by atoms with Crippen molar-refractivity contribution in [3.8, 4) is 5.75 Å². The van der Waals surface area contributed by atoms with Gasteiger partial charge in [-0.3, -0.25) is 0 Å². The number of phenols is 1. The molecule has 4 heteroatoms. The highest BCUT2D eigenvalue weighted by Gasteiger charge is 2.10. The quantitative estimate of drug-likeness (QED) is 0.785. The van der Waals surface area contributed by atoms with Gasteiger partial charge in [-0.05, 0) is 30.0 Å². The number of rotatable bonds is 3. The molecular weight excluding hydrogens is 236 g/mol. The fourth-order valence-electron chi connectivity index (χ4n) is 1.96. The van der Waals surface area contributed by atoms with E-state index in [1.807, 2.05) is 30.3 Å². The molecule has 17 heavy (non-hydrogen) atoms. The van der Waals surface area contributed by atoms with Crippen LogP contribution >= 0.6 is 12.4 Å². The monoisotopic (exact) mass is 252 g/mol. The Labute approximate surface area is 107 Å². The fourth-order valence-corrected chi connectivity index (χ4v) is 1.96. The van der Waals surface area contributed by atoms with E-state index in [0.29, 0.717) is 12.3 Å². The van der Waals surface area contributed by atoms with Gasteiger partial charge in [-0.1, -0.05) is 30.3 Å². The van der Waals surface area contributed by atoms with Gasteiger partial charge in [-0.2, -0.15) is 0 Å². The molecule has 2 aromatic carbocycles. The van der Waals surface area contributed by atoms with E-state index in [0.717, 1.165) is 22.8 Å². The van der Waals surface area contributed by atoms with E-state index in [1.165, 1.54) is 0 Å². The normalized spacial score (nSPS) is 12.1. The van der Waals surface area contributed by atoms with Gasteiger partial charge in [0.1, 0.15) is 5.75 Å². The van der Waals surface area contributed by atoms with Crippen LogP contribution in [0.2, 0.25) is 0 Å². The predicted octanol–water partition coefficient (Wildman–Crippen LogP) is 2.32. The Balaban J connectivity index is 0.00000144. The van der Waals surface area contributed by atoms with Crippen LogP contribution in [0.3, 0.4) is 0 Å². The van der Waals surface area contributed by atoms with Gasteiger partial charge in [-0.15, -0.1) is 12.4 Å². The number of benzene rings is 2. The topological polar surface area (TPSA) is 72.3 Å². The van der Waals surface area contributed by atoms with Crippen molar-refractivity contribution in [2.75, 3.05) is 6.54 Å². The first-order valence-electron chi connectivity index (χ1n) is 5.40. The van der Waals surface area contributed by atoms with E-state index in [2.05, 4.69) is 0 Å². The molecule has 2 rings (SSSR count). The number of halogens is 1. The largest absolute Gasteiger partial charge is 0.507 e. The second-order valence-electron chi connectivity index (χ2n) is 3.90. The minimum Gasteiger partial charge on any atom is -0.507 e. The van der Waals surface area contributed by atoms with Gasteiger partial charge < -0.3 is 16.6 Å². The maximum atomic E-state index is 9.74. The summed E-state index contributed by atoms with van der Waals surface area (Å²) in [6.07, 6.45) is 0.745. The van der Waals surface area contributed by atoms with E-state index >= 15 is 0 Å². The van der Waals surface area contributed by atoms with Crippen LogP contribution in [0.25, 0.3) is 10.8 Å². The molecule has 2 aromatic rings. The zero-order chi connectivity index (χ0) is 11.5. The molecule has 0 unspecified atom stereocenters. The molecule has 0 heterocycles. The summed E-state index contributed by atoms with van der Waals surface area (Å²) in [6, 6.07) is 11.2. The van der Waals surface area contributed by atoms with Crippen LogP contribution in [0.1, 0.15) is 18.0 Å². The molecule has 0 radical (unpaired) electrons. The van der Waals surface area contributed by atoms with Gasteiger partial charge in [0.05, 0.1) is 0 Å². The molecule has 3 nitrogen and oxygen atoms in total. The standard InChI is InChI=1S/C13H16N2O.ClH/c14-8-7-12(15)10-5-6-13(16)11-4-2-1-3-9(10)11;/h1-6,12,16H,7-8,14-15H2;1H/t12-;/m1./s1. The number of hydrogen-bond acceptors (Lipinski definition) is 3. The average Bonchev–Trinajstić information content (AvgIpc) is 2.30. The lowest BCUT2D eigenvalue weighted by Gasteiger charge is -2.14. The first-order valence-corrected chi connectivity index (χ1v) is 5.40. The number of fused-ring (bicyclic) bond motifs is 1. The summed E-state index contributed by atoms with van der Waals surface area (Å²) in [5, 5.41) is 11.6. The summed E-state index contributed by atoms with van der Waals surface area (Å²) in [5.74, 6) is 0.291. The maximum Gasteiger partial charge on any atom is 0.123 e. The summed E-state index contributed by atoms with van der Waals surface area (Å²) in [6.45, 7) is 0.566. The minimum atomic E-state index is -0.0736. The molecule has 0 aromatic heterocycles. The molecule has 0 saturated carbocycles. The number of nitrogens with two attached hydrogens (primary N) is 2. The Morgan fingerprint density at radius 1 is 1.06 bits per heavy atom. The summed E-state index contributed by atoms with van der Waals surface area (Å²) in [5.41, 5.74) is 12.6. The predicted molar refractivity (Wildman–Crippen MR) is 73.5 cm³/mol. The van der Waals surface area contributed by atoms with Crippen molar-refractivity contribution in [1.29, 1.82) is 0 Å². The Morgan fingerprint density at radius 3 is 2.35 bits per heavy atom. The third-order valence-corrected chi connectivity index (χ3v) is 2.81. The van der Waals surface area contributed by atoms with Crippen LogP contribution in [0, 0.1) is 0 Å². The molecule has 0 spiro atoms. The SMILES string of the molecule is Cl.NCC[C@@H](N)c1ccc(O)c2ccccc12. The first-order chi connectivity index (χ1) is 7.74. The Kier molecular flexibility index (Phi) is 4.75. The minimum absolute atomic E-state index is 0. The third kappa shape index (κ3) is 2.69. The van der Waals surface area contributed by atoms with Gasteiger partial charge in [0, 0.05) is 11.4 Å². The van der Waals surface area contributed by atoms with Gasteiger partial charge in [0.25, 0.3) is 0 Å². The van der Waals surface area contributed by atoms with E-state index < -0.39 is 0 Å². The molecular formula is C13H17ClN2O. The molecule has 92 valence electrons. The second kappa shape index (κ2) is 5.87. The lowest BCUT2D eigenvalue weighted by atomic mass is 9.97. The van der Waals surface area contributed by atoms with Crippen LogP contribution < -0.4 is 11.5 Å². The van der Waals surface area contributed by atoms with E-state index in [-0.39, 0.29) is 18.4 Å². The highest BCUT2D eigenvalue weighted by atomic mass is 35.5. The van der Waals surface area contributed by atoms with Crippen molar-refractivity contribution in [1.82, 2.24) is 0 Å². The summed E-state index contributed by atoms with van der Waals surface area (Å²) in [4.78, 5) is 0. The van der Waals surface area contributed by atoms with Gasteiger partial charge >= 0.3 is 0 Å². The van der Waals surface area contributed by atoms with E-state index in [4.69, 9.17) is 11.5 Å². The van der Waals surface area contributed by atoms with Crippen molar-refractivity contribution < 1.29 is 5.11 Å². The lowest BCUT2D eigenvalue weighted by molar-refractivity contribution is 0.481. The summed E-state index contributed by atoms with van der Waals surface area (Å²) >= 11 is 0. The average molecular weight is 253 g/mol. The van der Waals surface area contributed by atoms with Gasteiger partial charge in [-0.25, -0.2) is 0 Å². The van der Waals surface area contributed by atoms with E-state index in [9.17, 15) is 5.11 Å². The molecule has 5 N–H and O–H groups in total. The molecule has 0 fully saturated rings. The van der Waals surface area contributed by atoms with Crippen molar-refractivity contribution in [3.63, 3.8) is 0 Å². The van der Waals surface area contributed by atoms with Gasteiger partial charge in [0.2, 0.25) is 0 Å². The van der Waals surface area contributed by atoms with E-state index in [1.54, 1.807) is 6.07 Å². The summed E-state index contributed by atoms with van der Waals surface area (Å²) < 4.78 is 0. The number of hydrogen-bond donors (Lipinski definition) is 3. The molecule has 0 saturated heterocycles. The first kappa shape index (κ1) is 13.8. The molecule has 0 bridgehead atoms. The highest BCUT2D eigenvalue weighted by molar-refractivity contribution is 5.91. The summed E-state index contributed by atoms with van der Waals surface area (Å²) in [7, 11) is 0. The zero-order valence-corrected chi connectivity index (χ0v) is 10.3. The van der Waals surface area contributed by atoms with Crippen LogP contribution in [-0.4, -0.2) is 11.7 Å². The smallest absolute Gasteiger partial charge is 0.123 e. The highest BCUT2D eigenvalue weighted by Crippen LogP contribution is 2.30. The van der Waals surface area contributed by atoms with Gasteiger partial charge in [0.15, 0.2) is 0 Å². The third-order valence-electron chi connectivity index (χ3n) is 2.81. The molecule has 0 amide bonds. The van der Waals surface area contributed by atoms with Crippen molar-refractivity contribution >= 4 is 23.2 Å². The number of phenolic OH excluding ortho intramolecular Hbond substituents is 1.